The number of hydrogen-bond donors (Lipinski definition) is 1. The molecule has 17 heavy (non-hydrogen) atoms. The van der Waals surface area contributed by atoms with Crippen molar-refractivity contribution >= 4 is 11.6 Å². The lowest BCUT2D eigenvalue weighted by molar-refractivity contribution is -0.122. The van der Waals surface area contributed by atoms with Gasteiger partial charge in [0.25, 0.3) is 0 Å². The number of fused-ring (bicyclic) bond motifs is 1. The molecule has 0 saturated heterocycles. The monoisotopic (exact) mass is 233 g/mol. The number of carbonyl (C=O) groups excluding carboxylic acids is 1. The van der Waals surface area contributed by atoms with Gasteiger partial charge in [0.05, 0.1) is 6.10 Å². The number of hydrogen-bond acceptors (Lipinski definition) is 2. The van der Waals surface area contributed by atoms with E-state index < -0.39 is 6.10 Å². The van der Waals surface area contributed by atoms with Crippen LogP contribution in [0.4, 0.5) is 5.69 Å². The fourth-order valence-electron chi connectivity index (χ4n) is 2.21. The van der Waals surface area contributed by atoms with Crippen LogP contribution in [0.1, 0.15) is 38.4 Å². The molecule has 1 heterocycles. The first-order valence-electron chi connectivity index (χ1n) is 6.23. The van der Waals surface area contributed by atoms with Gasteiger partial charge in [-0.1, -0.05) is 32.0 Å². The Bertz CT molecular complexity index is 416. The number of para-hydroxylation sites is 1. The fraction of sp³-hybridized carbons (Fsp3) is 0.500. The van der Waals surface area contributed by atoms with Crippen LogP contribution >= 0.6 is 0 Å². The largest absolute Gasteiger partial charge is 0.388 e. The van der Waals surface area contributed by atoms with Crippen molar-refractivity contribution in [2.75, 3.05) is 11.4 Å². The molecule has 1 N–H and O–H groups in total. The van der Waals surface area contributed by atoms with Crippen LogP contribution < -0.4 is 4.90 Å². The Morgan fingerprint density at radius 1 is 1.53 bits per heavy atom. The lowest BCUT2D eigenvalue weighted by Gasteiger charge is -2.33. The van der Waals surface area contributed by atoms with Gasteiger partial charge in [-0.3, -0.25) is 4.79 Å². The van der Waals surface area contributed by atoms with Gasteiger partial charge in [-0.05, 0) is 18.9 Å². The summed E-state index contributed by atoms with van der Waals surface area (Å²) >= 11 is 0. The van der Waals surface area contributed by atoms with Crippen molar-refractivity contribution in [3.05, 3.63) is 29.8 Å². The maximum Gasteiger partial charge on any atom is 0.229 e. The highest BCUT2D eigenvalue weighted by molar-refractivity contribution is 5.96. The lowest BCUT2D eigenvalue weighted by atomic mass is 9.97. The highest BCUT2D eigenvalue weighted by Gasteiger charge is 2.28. The molecule has 0 radical (unpaired) electrons. The van der Waals surface area contributed by atoms with Crippen molar-refractivity contribution in [3.63, 3.8) is 0 Å². The van der Waals surface area contributed by atoms with Crippen LogP contribution in [0, 0.1) is 5.92 Å². The van der Waals surface area contributed by atoms with E-state index in [4.69, 9.17) is 0 Å². The Morgan fingerprint density at radius 2 is 2.24 bits per heavy atom. The van der Waals surface area contributed by atoms with Crippen molar-refractivity contribution < 1.29 is 9.90 Å². The van der Waals surface area contributed by atoms with Crippen LogP contribution in [0.2, 0.25) is 0 Å². The maximum atomic E-state index is 12.2. The summed E-state index contributed by atoms with van der Waals surface area (Å²) in [7, 11) is 0. The van der Waals surface area contributed by atoms with E-state index in [2.05, 4.69) is 0 Å². The first-order chi connectivity index (χ1) is 8.15. The normalized spacial score (nSPS) is 20.9. The average molecular weight is 233 g/mol. The van der Waals surface area contributed by atoms with Crippen LogP contribution in [0.25, 0.3) is 0 Å². The lowest BCUT2D eigenvalue weighted by Crippen LogP contribution is -2.39. The van der Waals surface area contributed by atoms with Gasteiger partial charge in [0.15, 0.2) is 0 Å². The van der Waals surface area contributed by atoms with E-state index in [9.17, 15) is 9.90 Å². The summed E-state index contributed by atoms with van der Waals surface area (Å²) in [6.07, 6.45) is 1.03. The third-order valence-electron chi connectivity index (χ3n) is 3.51. The fourth-order valence-corrected chi connectivity index (χ4v) is 2.21. The molecule has 1 aliphatic heterocycles. The molecule has 3 heteroatoms. The molecule has 0 aliphatic carbocycles. The Balaban J connectivity index is 2.33. The zero-order valence-corrected chi connectivity index (χ0v) is 10.4. The van der Waals surface area contributed by atoms with Gasteiger partial charge < -0.3 is 10.0 Å². The molecule has 2 rings (SSSR count). The summed E-state index contributed by atoms with van der Waals surface area (Å²) in [6.45, 7) is 4.59. The van der Waals surface area contributed by atoms with Crippen molar-refractivity contribution in [2.24, 2.45) is 5.92 Å². The molecule has 1 amide bonds. The van der Waals surface area contributed by atoms with Gasteiger partial charge in [0.2, 0.25) is 5.91 Å². The second kappa shape index (κ2) is 4.88. The number of aliphatic hydroxyl groups is 1. The summed E-state index contributed by atoms with van der Waals surface area (Å²) < 4.78 is 0. The number of amides is 1. The van der Waals surface area contributed by atoms with Crippen molar-refractivity contribution in [3.8, 4) is 0 Å². The van der Waals surface area contributed by atoms with Gasteiger partial charge in [0.1, 0.15) is 0 Å². The molecule has 2 atom stereocenters. The minimum atomic E-state index is -0.438. The number of anilines is 1. The molecular weight excluding hydrogens is 214 g/mol. The second-order valence-corrected chi connectivity index (χ2v) is 4.66. The summed E-state index contributed by atoms with van der Waals surface area (Å²) in [6, 6.07) is 7.63. The molecule has 0 fully saturated rings. The molecule has 0 saturated carbocycles. The zero-order chi connectivity index (χ0) is 12.4. The molecule has 1 aromatic carbocycles. The van der Waals surface area contributed by atoms with Crippen LogP contribution in [0.3, 0.4) is 0 Å². The van der Waals surface area contributed by atoms with Crippen molar-refractivity contribution in [1.29, 1.82) is 0 Å². The number of benzene rings is 1. The van der Waals surface area contributed by atoms with E-state index in [0.29, 0.717) is 13.0 Å². The summed E-state index contributed by atoms with van der Waals surface area (Å²) in [5.41, 5.74) is 1.74. The third-order valence-corrected chi connectivity index (χ3v) is 3.51. The quantitative estimate of drug-likeness (QED) is 0.852. The van der Waals surface area contributed by atoms with Crippen LogP contribution in [0.15, 0.2) is 24.3 Å². The Hall–Kier alpha value is -1.35. The van der Waals surface area contributed by atoms with Crippen LogP contribution in [-0.4, -0.2) is 17.6 Å². The van der Waals surface area contributed by atoms with Gasteiger partial charge in [-0.15, -0.1) is 0 Å². The Morgan fingerprint density at radius 3 is 2.94 bits per heavy atom. The standard InChI is InChI=1S/C14H19NO2/c1-3-10(2)14(17)15-9-8-13(16)11-6-4-5-7-12(11)15/h4-7,10,13,16H,3,8-9H2,1-2H3. The van der Waals surface area contributed by atoms with Crippen LogP contribution in [-0.2, 0) is 4.79 Å². The van der Waals surface area contributed by atoms with Crippen molar-refractivity contribution in [1.82, 2.24) is 0 Å². The molecule has 3 nitrogen and oxygen atoms in total. The van der Waals surface area contributed by atoms with Crippen molar-refractivity contribution in [2.45, 2.75) is 32.8 Å². The third kappa shape index (κ3) is 2.20. The van der Waals surface area contributed by atoms with E-state index in [-0.39, 0.29) is 11.8 Å². The number of nitrogens with zero attached hydrogens (tertiary/aromatic N) is 1. The van der Waals surface area contributed by atoms with Gasteiger partial charge in [0, 0.05) is 23.7 Å². The SMILES string of the molecule is CCC(C)C(=O)N1CCC(O)c2ccccc21. The molecule has 2 unspecified atom stereocenters. The number of aliphatic hydroxyl groups excluding tert-OH is 1. The number of rotatable bonds is 2. The second-order valence-electron chi connectivity index (χ2n) is 4.66. The molecule has 0 aromatic heterocycles. The number of carbonyl (C=O) groups is 1. The molecular formula is C14H19NO2. The average Bonchev–Trinajstić information content (AvgIpc) is 2.38. The molecule has 0 bridgehead atoms. The molecule has 92 valence electrons. The summed E-state index contributed by atoms with van der Waals surface area (Å²) in [5, 5.41) is 9.92. The molecule has 0 spiro atoms. The summed E-state index contributed by atoms with van der Waals surface area (Å²) in [5.74, 6) is 0.199. The topological polar surface area (TPSA) is 40.5 Å². The smallest absolute Gasteiger partial charge is 0.229 e. The highest BCUT2D eigenvalue weighted by Crippen LogP contribution is 2.34. The Kier molecular flexibility index (Phi) is 3.48. The minimum Gasteiger partial charge on any atom is -0.388 e. The predicted molar refractivity (Wildman–Crippen MR) is 67.8 cm³/mol. The highest BCUT2D eigenvalue weighted by atomic mass is 16.3. The van der Waals surface area contributed by atoms with Gasteiger partial charge in [-0.2, -0.15) is 0 Å². The van der Waals surface area contributed by atoms with E-state index >= 15 is 0 Å². The first kappa shape index (κ1) is 12.1. The van der Waals surface area contributed by atoms with E-state index in [1.54, 1.807) is 0 Å². The van der Waals surface area contributed by atoms with Gasteiger partial charge >= 0.3 is 0 Å². The van der Waals surface area contributed by atoms with Crippen LogP contribution in [0.5, 0.6) is 0 Å². The Labute approximate surface area is 102 Å². The zero-order valence-electron chi connectivity index (χ0n) is 10.4. The summed E-state index contributed by atoms with van der Waals surface area (Å²) in [4.78, 5) is 14.1. The predicted octanol–water partition coefficient (Wildman–Crippen LogP) is 2.50. The van der Waals surface area contributed by atoms with E-state index in [0.717, 1.165) is 17.7 Å². The first-order valence-corrected chi connectivity index (χ1v) is 6.23. The van der Waals surface area contributed by atoms with Gasteiger partial charge in [-0.25, -0.2) is 0 Å². The minimum absolute atomic E-state index is 0.0401. The van der Waals surface area contributed by atoms with E-state index in [1.165, 1.54) is 0 Å². The maximum absolute atomic E-state index is 12.2. The van der Waals surface area contributed by atoms with E-state index in [1.807, 2.05) is 43.0 Å². The molecule has 1 aromatic rings. The molecule has 1 aliphatic rings.